The van der Waals surface area contributed by atoms with Crippen LogP contribution in [0.3, 0.4) is 0 Å². The molecule has 80 valence electrons. The van der Waals surface area contributed by atoms with E-state index >= 15 is 0 Å². The van der Waals surface area contributed by atoms with Crippen LogP contribution in [0.4, 0.5) is 0 Å². The number of nitrogens with zero attached hydrogens (tertiary/aromatic N) is 2. The summed E-state index contributed by atoms with van der Waals surface area (Å²) in [6.45, 7) is 2.49. The fourth-order valence-electron chi connectivity index (χ4n) is 1.22. The van der Waals surface area contributed by atoms with Crippen molar-refractivity contribution < 1.29 is 4.79 Å². The first-order valence-electron chi connectivity index (χ1n) is 4.92. The van der Waals surface area contributed by atoms with E-state index in [9.17, 15) is 4.79 Å². The third kappa shape index (κ3) is 4.32. The maximum absolute atomic E-state index is 11.4. The second-order valence-corrected chi connectivity index (χ2v) is 3.40. The lowest BCUT2D eigenvalue weighted by Gasteiger charge is -2.10. The minimum atomic E-state index is 0.00764. The molecule has 0 bridgehead atoms. The predicted octanol–water partition coefficient (Wildman–Crippen LogP) is 0.801. The Morgan fingerprint density at radius 3 is 3.13 bits per heavy atom. The van der Waals surface area contributed by atoms with Gasteiger partial charge < -0.3 is 5.32 Å². The van der Waals surface area contributed by atoms with Gasteiger partial charge in [-0.15, -0.1) is 12.3 Å². The van der Waals surface area contributed by atoms with E-state index in [4.69, 9.17) is 6.42 Å². The number of carbonyl (C=O) groups is 1. The summed E-state index contributed by atoms with van der Waals surface area (Å²) in [6.07, 6.45) is 9.66. The number of hydrogen-bond donors (Lipinski definition) is 1. The molecule has 4 heteroatoms. The van der Waals surface area contributed by atoms with Crippen molar-refractivity contribution in [1.29, 1.82) is 0 Å². The third-order valence-electron chi connectivity index (χ3n) is 1.96. The van der Waals surface area contributed by atoms with Crippen molar-refractivity contribution in [2.75, 3.05) is 0 Å². The minimum Gasteiger partial charge on any atom is -0.353 e. The summed E-state index contributed by atoms with van der Waals surface area (Å²) in [7, 11) is 0. The fraction of sp³-hybridized carbons (Fsp3) is 0.455. The molecular weight excluding hydrogens is 190 g/mol. The highest BCUT2D eigenvalue weighted by Crippen LogP contribution is 1.92. The summed E-state index contributed by atoms with van der Waals surface area (Å²) in [5, 5.41) is 6.83. The van der Waals surface area contributed by atoms with Gasteiger partial charge in [-0.2, -0.15) is 5.10 Å². The zero-order chi connectivity index (χ0) is 11.1. The van der Waals surface area contributed by atoms with Crippen LogP contribution in [0.25, 0.3) is 0 Å². The number of amides is 1. The Morgan fingerprint density at radius 2 is 2.53 bits per heavy atom. The Kier molecular flexibility index (Phi) is 4.42. The molecule has 1 atom stereocenters. The van der Waals surface area contributed by atoms with Gasteiger partial charge in [-0.25, -0.2) is 0 Å². The first-order chi connectivity index (χ1) is 7.22. The lowest BCUT2D eigenvalue weighted by atomic mass is 10.2. The fourth-order valence-corrected chi connectivity index (χ4v) is 1.22. The molecule has 0 spiro atoms. The van der Waals surface area contributed by atoms with Crippen LogP contribution in [0.2, 0.25) is 0 Å². The van der Waals surface area contributed by atoms with Crippen molar-refractivity contribution in [3.8, 4) is 12.3 Å². The zero-order valence-corrected chi connectivity index (χ0v) is 8.81. The minimum absolute atomic E-state index is 0.00764. The molecule has 1 N–H and O–H groups in total. The Morgan fingerprint density at radius 1 is 1.73 bits per heavy atom. The van der Waals surface area contributed by atoms with Crippen LogP contribution < -0.4 is 5.32 Å². The number of carbonyl (C=O) groups excluding carboxylic acids is 1. The molecule has 1 heterocycles. The molecule has 0 saturated heterocycles. The second-order valence-electron chi connectivity index (χ2n) is 3.40. The molecule has 1 rings (SSSR count). The van der Waals surface area contributed by atoms with Gasteiger partial charge in [0.15, 0.2) is 0 Å². The summed E-state index contributed by atoms with van der Waals surface area (Å²) in [4.78, 5) is 11.4. The van der Waals surface area contributed by atoms with Gasteiger partial charge in [0.1, 0.15) is 0 Å². The Labute approximate surface area is 89.7 Å². The third-order valence-corrected chi connectivity index (χ3v) is 1.96. The van der Waals surface area contributed by atoms with E-state index in [1.165, 1.54) is 0 Å². The highest BCUT2D eigenvalue weighted by molar-refractivity contribution is 5.76. The molecule has 4 nitrogen and oxygen atoms in total. The van der Waals surface area contributed by atoms with Gasteiger partial charge in [-0.05, 0) is 13.0 Å². The smallest absolute Gasteiger partial charge is 0.222 e. The van der Waals surface area contributed by atoms with Gasteiger partial charge in [-0.1, -0.05) is 0 Å². The number of terminal acetylenes is 1. The van der Waals surface area contributed by atoms with E-state index in [1.54, 1.807) is 10.9 Å². The number of nitrogens with one attached hydrogen (secondary N) is 1. The highest BCUT2D eigenvalue weighted by atomic mass is 16.1. The summed E-state index contributed by atoms with van der Waals surface area (Å²) in [5.74, 6) is 2.52. The van der Waals surface area contributed by atoms with Crippen LogP contribution in [0.15, 0.2) is 18.5 Å². The Bertz CT molecular complexity index is 337. The molecule has 1 amide bonds. The lowest BCUT2D eigenvalue weighted by Crippen LogP contribution is -2.32. The molecular formula is C11H15N3O. The van der Waals surface area contributed by atoms with Gasteiger partial charge in [-0.3, -0.25) is 9.48 Å². The Hall–Kier alpha value is -1.76. The zero-order valence-electron chi connectivity index (χ0n) is 8.81. The van der Waals surface area contributed by atoms with Gasteiger partial charge in [0.25, 0.3) is 0 Å². The molecule has 1 aromatic heterocycles. The molecule has 1 unspecified atom stereocenters. The first-order valence-corrected chi connectivity index (χ1v) is 4.92. The van der Waals surface area contributed by atoms with Crippen molar-refractivity contribution in [3.63, 3.8) is 0 Å². The largest absolute Gasteiger partial charge is 0.353 e. The van der Waals surface area contributed by atoms with Crippen LogP contribution in [0.1, 0.15) is 19.8 Å². The predicted molar refractivity (Wildman–Crippen MR) is 57.9 cm³/mol. The van der Waals surface area contributed by atoms with E-state index in [0.717, 1.165) is 0 Å². The highest BCUT2D eigenvalue weighted by Gasteiger charge is 2.05. The molecule has 15 heavy (non-hydrogen) atoms. The molecule has 0 aliphatic carbocycles. The van der Waals surface area contributed by atoms with Crippen molar-refractivity contribution in [1.82, 2.24) is 15.1 Å². The standard InChI is InChI=1S/C11H15N3O/c1-3-5-10(2)13-11(15)6-9-14-8-4-7-12-14/h1,4,7-8,10H,5-6,9H2,2H3,(H,13,15). The molecule has 0 aliphatic rings. The summed E-state index contributed by atoms with van der Waals surface area (Å²) in [5.41, 5.74) is 0. The van der Waals surface area contributed by atoms with Gasteiger partial charge in [0.05, 0.1) is 0 Å². The van der Waals surface area contributed by atoms with Crippen molar-refractivity contribution in [2.24, 2.45) is 0 Å². The topological polar surface area (TPSA) is 46.9 Å². The molecule has 0 saturated carbocycles. The van der Waals surface area contributed by atoms with E-state index in [0.29, 0.717) is 19.4 Å². The van der Waals surface area contributed by atoms with Gasteiger partial charge >= 0.3 is 0 Å². The average Bonchev–Trinajstić information content (AvgIpc) is 2.67. The number of rotatable bonds is 5. The SMILES string of the molecule is C#CCC(C)NC(=O)CCn1cccn1. The molecule has 0 aliphatic heterocycles. The second kappa shape index (κ2) is 5.86. The van der Waals surface area contributed by atoms with Crippen LogP contribution in [-0.4, -0.2) is 21.7 Å². The summed E-state index contributed by atoms with van der Waals surface area (Å²) in [6, 6.07) is 1.87. The van der Waals surface area contributed by atoms with Gasteiger partial charge in [0, 0.05) is 37.8 Å². The van der Waals surface area contributed by atoms with E-state index < -0.39 is 0 Å². The maximum Gasteiger partial charge on any atom is 0.222 e. The lowest BCUT2D eigenvalue weighted by molar-refractivity contribution is -0.121. The van der Waals surface area contributed by atoms with Crippen molar-refractivity contribution in [2.45, 2.75) is 32.4 Å². The summed E-state index contributed by atoms with van der Waals surface area (Å²) >= 11 is 0. The number of hydrogen-bond acceptors (Lipinski definition) is 2. The van der Waals surface area contributed by atoms with E-state index in [1.807, 2.05) is 19.2 Å². The Balaban J connectivity index is 2.22. The number of aromatic nitrogens is 2. The average molecular weight is 205 g/mol. The molecule has 1 aromatic rings. The monoisotopic (exact) mass is 205 g/mol. The maximum atomic E-state index is 11.4. The van der Waals surface area contributed by atoms with E-state index in [2.05, 4.69) is 16.3 Å². The molecule has 0 fully saturated rings. The van der Waals surface area contributed by atoms with Crippen molar-refractivity contribution >= 4 is 5.91 Å². The quantitative estimate of drug-likeness (QED) is 0.723. The van der Waals surface area contributed by atoms with Crippen LogP contribution in [0, 0.1) is 12.3 Å². The van der Waals surface area contributed by atoms with Crippen LogP contribution in [0.5, 0.6) is 0 Å². The molecule has 0 aromatic carbocycles. The molecule has 0 radical (unpaired) electrons. The normalized spacial score (nSPS) is 11.7. The van der Waals surface area contributed by atoms with E-state index in [-0.39, 0.29) is 11.9 Å². The van der Waals surface area contributed by atoms with Crippen molar-refractivity contribution in [3.05, 3.63) is 18.5 Å². The summed E-state index contributed by atoms with van der Waals surface area (Å²) < 4.78 is 1.73. The number of aryl methyl sites for hydroxylation is 1. The van der Waals surface area contributed by atoms with Gasteiger partial charge in [0.2, 0.25) is 5.91 Å². The van der Waals surface area contributed by atoms with Crippen LogP contribution in [-0.2, 0) is 11.3 Å². The van der Waals surface area contributed by atoms with Crippen LogP contribution >= 0.6 is 0 Å². The first kappa shape index (κ1) is 11.3.